The van der Waals surface area contributed by atoms with Crippen molar-refractivity contribution in [3.8, 4) is 0 Å². The van der Waals surface area contributed by atoms with E-state index in [0.29, 0.717) is 22.5 Å². The van der Waals surface area contributed by atoms with Crippen molar-refractivity contribution in [1.29, 1.82) is 0 Å². The lowest BCUT2D eigenvalue weighted by Gasteiger charge is -2.09. The summed E-state index contributed by atoms with van der Waals surface area (Å²) in [5, 5.41) is 4.09. The Balaban J connectivity index is 1.74. The maximum atomic E-state index is 12.5. The zero-order valence-electron chi connectivity index (χ0n) is 15.0. The number of hydrazone groups is 1. The normalized spacial score (nSPS) is 11.7. The first-order chi connectivity index (χ1) is 13.5. The van der Waals surface area contributed by atoms with Gasteiger partial charge in [0.2, 0.25) is 0 Å². The SMILES string of the molecule is CC(=NNC(=O)c1ccncc1)c1cccc(NS(=O)(=O)c2ccccc2)c1. The largest absolute Gasteiger partial charge is 0.280 e. The highest BCUT2D eigenvalue weighted by Gasteiger charge is 2.13. The van der Waals surface area contributed by atoms with Crippen LogP contribution >= 0.6 is 0 Å². The molecule has 3 aromatic rings. The van der Waals surface area contributed by atoms with E-state index in [1.165, 1.54) is 24.5 Å². The summed E-state index contributed by atoms with van der Waals surface area (Å²) in [5.74, 6) is -0.359. The molecule has 1 heterocycles. The van der Waals surface area contributed by atoms with Crippen molar-refractivity contribution < 1.29 is 13.2 Å². The molecule has 0 saturated heterocycles. The molecule has 142 valence electrons. The summed E-state index contributed by atoms with van der Waals surface area (Å²) in [4.78, 5) is 16.1. The van der Waals surface area contributed by atoms with E-state index >= 15 is 0 Å². The van der Waals surface area contributed by atoms with Crippen LogP contribution < -0.4 is 10.1 Å². The van der Waals surface area contributed by atoms with Crippen molar-refractivity contribution in [1.82, 2.24) is 10.4 Å². The Hall–Kier alpha value is -3.52. The second kappa shape index (κ2) is 8.45. The number of benzene rings is 2. The standard InChI is InChI=1S/C20H18N4O3S/c1-15(22-23-20(25)16-10-12-21-13-11-16)17-6-5-7-18(14-17)24-28(26,27)19-8-3-2-4-9-19/h2-14,24H,1H3,(H,23,25). The van der Waals surface area contributed by atoms with Gasteiger partial charge in [-0.25, -0.2) is 13.8 Å². The summed E-state index contributed by atoms with van der Waals surface area (Å²) in [7, 11) is -3.68. The molecule has 0 bridgehead atoms. The topological polar surface area (TPSA) is 101 Å². The van der Waals surface area contributed by atoms with Crippen molar-refractivity contribution in [3.63, 3.8) is 0 Å². The first-order valence-corrected chi connectivity index (χ1v) is 9.87. The minimum absolute atomic E-state index is 0.176. The molecule has 2 aromatic carbocycles. The molecule has 0 saturated carbocycles. The minimum atomic E-state index is -3.68. The van der Waals surface area contributed by atoms with Gasteiger partial charge in [0.1, 0.15) is 0 Å². The molecular formula is C20H18N4O3S. The van der Waals surface area contributed by atoms with Crippen LogP contribution in [0.15, 0.2) is 89.1 Å². The zero-order valence-corrected chi connectivity index (χ0v) is 15.8. The highest BCUT2D eigenvalue weighted by atomic mass is 32.2. The number of rotatable bonds is 6. The molecule has 3 rings (SSSR count). The average Bonchev–Trinajstić information content (AvgIpc) is 2.73. The van der Waals surface area contributed by atoms with Crippen molar-refractivity contribution in [2.75, 3.05) is 4.72 Å². The molecule has 2 N–H and O–H groups in total. The fourth-order valence-electron chi connectivity index (χ4n) is 2.39. The third-order valence-electron chi connectivity index (χ3n) is 3.85. The number of amides is 1. The Labute approximate surface area is 163 Å². The first kappa shape index (κ1) is 19.2. The molecule has 0 unspecified atom stereocenters. The fraction of sp³-hybridized carbons (Fsp3) is 0.0500. The molecule has 1 aromatic heterocycles. The maximum Gasteiger partial charge on any atom is 0.271 e. The Kier molecular flexibility index (Phi) is 5.81. The summed E-state index contributed by atoms with van der Waals surface area (Å²) >= 11 is 0. The van der Waals surface area contributed by atoms with Crippen LogP contribution in [0.5, 0.6) is 0 Å². The maximum absolute atomic E-state index is 12.5. The Morgan fingerprint density at radius 2 is 1.64 bits per heavy atom. The van der Waals surface area contributed by atoms with Crippen LogP contribution in [0.3, 0.4) is 0 Å². The smallest absolute Gasteiger partial charge is 0.271 e. The van der Waals surface area contributed by atoms with Crippen molar-refractivity contribution in [2.45, 2.75) is 11.8 Å². The molecule has 0 atom stereocenters. The van der Waals surface area contributed by atoms with Gasteiger partial charge in [0.25, 0.3) is 15.9 Å². The molecule has 0 aliphatic rings. The summed E-state index contributed by atoms with van der Waals surface area (Å²) < 4.78 is 27.4. The predicted octanol–water partition coefficient (Wildman–Crippen LogP) is 3.04. The lowest BCUT2D eigenvalue weighted by molar-refractivity contribution is 0.0954. The van der Waals surface area contributed by atoms with E-state index < -0.39 is 10.0 Å². The molecule has 8 heteroatoms. The Morgan fingerprint density at radius 1 is 0.929 bits per heavy atom. The molecule has 0 radical (unpaired) electrons. The Morgan fingerprint density at radius 3 is 2.36 bits per heavy atom. The van der Waals surface area contributed by atoms with Crippen LogP contribution in [0.1, 0.15) is 22.8 Å². The summed E-state index contributed by atoms with van der Waals surface area (Å²) in [5.41, 5.74) is 4.51. The van der Waals surface area contributed by atoms with Crippen LogP contribution in [0.4, 0.5) is 5.69 Å². The Bertz CT molecular complexity index is 1100. The number of hydrogen-bond donors (Lipinski definition) is 2. The number of nitrogens with zero attached hydrogens (tertiary/aromatic N) is 2. The number of pyridine rings is 1. The van der Waals surface area contributed by atoms with E-state index in [1.54, 1.807) is 61.5 Å². The van der Waals surface area contributed by atoms with Gasteiger partial charge >= 0.3 is 0 Å². The highest BCUT2D eigenvalue weighted by molar-refractivity contribution is 7.92. The third kappa shape index (κ3) is 4.80. The van der Waals surface area contributed by atoms with E-state index in [0.717, 1.165) is 0 Å². The molecule has 0 fully saturated rings. The van der Waals surface area contributed by atoms with Crippen molar-refractivity contribution in [2.24, 2.45) is 5.10 Å². The number of hydrogen-bond acceptors (Lipinski definition) is 5. The fourth-order valence-corrected chi connectivity index (χ4v) is 3.46. The lowest BCUT2D eigenvalue weighted by atomic mass is 10.1. The first-order valence-electron chi connectivity index (χ1n) is 8.39. The molecular weight excluding hydrogens is 376 g/mol. The van der Waals surface area contributed by atoms with Crippen LogP contribution in [-0.4, -0.2) is 25.0 Å². The number of anilines is 1. The number of carbonyl (C=O) groups is 1. The second-order valence-electron chi connectivity index (χ2n) is 5.87. The summed E-state index contributed by atoms with van der Waals surface area (Å²) in [6, 6.07) is 18.1. The number of carbonyl (C=O) groups excluding carboxylic acids is 1. The van der Waals surface area contributed by atoms with Crippen LogP contribution in [0.25, 0.3) is 0 Å². The van der Waals surface area contributed by atoms with Gasteiger partial charge in [-0.15, -0.1) is 0 Å². The van der Waals surface area contributed by atoms with Gasteiger partial charge < -0.3 is 0 Å². The van der Waals surface area contributed by atoms with Gasteiger partial charge in [0, 0.05) is 23.6 Å². The van der Waals surface area contributed by atoms with Crippen LogP contribution in [0, 0.1) is 0 Å². The molecule has 0 aliphatic heterocycles. The van der Waals surface area contributed by atoms with Crippen LogP contribution in [0.2, 0.25) is 0 Å². The molecule has 28 heavy (non-hydrogen) atoms. The van der Waals surface area contributed by atoms with Gasteiger partial charge in [-0.1, -0.05) is 30.3 Å². The van der Waals surface area contributed by atoms with Gasteiger partial charge in [0.15, 0.2) is 0 Å². The molecule has 0 aliphatic carbocycles. The monoisotopic (exact) mass is 394 g/mol. The molecule has 7 nitrogen and oxygen atoms in total. The third-order valence-corrected chi connectivity index (χ3v) is 5.25. The van der Waals surface area contributed by atoms with E-state index in [4.69, 9.17) is 0 Å². The quantitative estimate of drug-likeness (QED) is 0.496. The number of nitrogens with one attached hydrogen (secondary N) is 2. The summed E-state index contributed by atoms with van der Waals surface area (Å²) in [6.45, 7) is 1.72. The second-order valence-corrected chi connectivity index (χ2v) is 7.56. The van der Waals surface area contributed by atoms with Crippen molar-refractivity contribution in [3.05, 3.63) is 90.3 Å². The van der Waals surface area contributed by atoms with E-state index in [9.17, 15) is 13.2 Å². The molecule has 0 spiro atoms. The van der Waals surface area contributed by atoms with E-state index in [1.807, 2.05) is 0 Å². The van der Waals surface area contributed by atoms with E-state index in [2.05, 4.69) is 20.2 Å². The minimum Gasteiger partial charge on any atom is -0.280 e. The predicted molar refractivity (Wildman–Crippen MR) is 108 cm³/mol. The average molecular weight is 394 g/mol. The zero-order chi connectivity index (χ0) is 20.0. The van der Waals surface area contributed by atoms with Crippen LogP contribution in [-0.2, 0) is 10.0 Å². The van der Waals surface area contributed by atoms with Gasteiger partial charge in [0.05, 0.1) is 10.6 Å². The number of aromatic nitrogens is 1. The van der Waals surface area contributed by atoms with E-state index in [-0.39, 0.29) is 10.8 Å². The summed E-state index contributed by atoms with van der Waals surface area (Å²) in [6.07, 6.45) is 3.04. The van der Waals surface area contributed by atoms with Gasteiger partial charge in [-0.05, 0) is 48.9 Å². The highest BCUT2D eigenvalue weighted by Crippen LogP contribution is 2.17. The lowest BCUT2D eigenvalue weighted by Crippen LogP contribution is -2.19. The number of sulfonamides is 1. The van der Waals surface area contributed by atoms with Gasteiger partial charge in [-0.3, -0.25) is 14.5 Å². The van der Waals surface area contributed by atoms with Crippen molar-refractivity contribution >= 4 is 27.3 Å². The molecule has 1 amide bonds. The van der Waals surface area contributed by atoms with Gasteiger partial charge in [-0.2, -0.15) is 5.10 Å².